The Labute approximate surface area is 464 Å². The normalized spacial score (nSPS) is 24.6. The Morgan fingerprint density at radius 3 is 1.51 bits per heavy atom. The molecule has 0 amide bonds. The van der Waals surface area contributed by atoms with E-state index in [0.717, 1.165) is 32.7 Å². The first-order valence-electron chi connectivity index (χ1n) is 26.5. The van der Waals surface area contributed by atoms with Crippen molar-refractivity contribution in [1.82, 2.24) is 0 Å². The van der Waals surface area contributed by atoms with E-state index in [1.54, 1.807) is 30.3 Å². The number of benzene rings is 7. The van der Waals surface area contributed by atoms with E-state index in [2.05, 4.69) is 0 Å². The first-order valence-corrected chi connectivity index (χ1v) is 27.4. The summed E-state index contributed by atoms with van der Waals surface area (Å²) in [6, 6.07) is 66.5. The van der Waals surface area contributed by atoms with Gasteiger partial charge in [-0.3, -0.25) is 9.59 Å². The molecule has 408 valence electrons. The lowest BCUT2D eigenvalue weighted by Crippen LogP contribution is -2.64. The molecule has 3 heterocycles. The third-order valence-electron chi connectivity index (χ3n) is 13.5. The van der Waals surface area contributed by atoms with Gasteiger partial charge in [0.25, 0.3) is 0 Å². The largest absolute Gasteiger partial charge is 0.463 e. The van der Waals surface area contributed by atoms with Crippen LogP contribution in [0.4, 0.5) is 0 Å². The van der Waals surface area contributed by atoms with Crippen molar-refractivity contribution in [3.05, 3.63) is 246 Å². The molecule has 3 fully saturated rings. The molecule has 3 aliphatic rings. The summed E-state index contributed by atoms with van der Waals surface area (Å²) in [6.45, 7) is 0.592. The highest BCUT2D eigenvalue weighted by molar-refractivity contribution is 7.99. The van der Waals surface area contributed by atoms with Crippen LogP contribution >= 0.6 is 11.8 Å². The van der Waals surface area contributed by atoms with Gasteiger partial charge in [-0.25, -0.2) is 4.79 Å². The van der Waals surface area contributed by atoms with E-state index < -0.39 is 91.2 Å². The Hall–Kier alpha value is -7.02. The number of carbonyl (C=O) groups is 3. The number of fused-ring (bicyclic) bond motifs is 1. The molecule has 0 radical (unpaired) electrons. The van der Waals surface area contributed by atoms with Gasteiger partial charge in [-0.1, -0.05) is 200 Å². The molecule has 0 aliphatic carbocycles. The highest BCUT2D eigenvalue weighted by Crippen LogP contribution is 2.40. The van der Waals surface area contributed by atoms with Crippen LogP contribution in [-0.4, -0.2) is 91.7 Å². The monoisotopic (exact) mass is 1090 g/mol. The molecule has 15 heteroatoms. The summed E-state index contributed by atoms with van der Waals surface area (Å²) in [4.78, 5) is 43.0. The predicted molar refractivity (Wildman–Crippen MR) is 292 cm³/mol. The summed E-state index contributed by atoms with van der Waals surface area (Å²) in [5.74, 6) is -2.16. The van der Waals surface area contributed by atoms with Gasteiger partial charge in [0.1, 0.15) is 48.7 Å². The van der Waals surface area contributed by atoms with Crippen LogP contribution in [0.5, 0.6) is 0 Å². The van der Waals surface area contributed by atoms with E-state index in [0.29, 0.717) is 0 Å². The van der Waals surface area contributed by atoms with Crippen molar-refractivity contribution in [2.24, 2.45) is 0 Å². The number of rotatable bonds is 23. The van der Waals surface area contributed by atoms with Crippen molar-refractivity contribution in [3.63, 3.8) is 0 Å². The Morgan fingerprint density at radius 2 is 0.937 bits per heavy atom. The molecule has 3 aliphatic heterocycles. The van der Waals surface area contributed by atoms with E-state index in [9.17, 15) is 14.4 Å². The fraction of sp³-hybridized carbons (Fsp3) is 0.297. The average molecular weight is 1090 g/mol. The van der Waals surface area contributed by atoms with Crippen LogP contribution in [0.15, 0.2) is 217 Å². The van der Waals surface area contributed by atoms with Crippen molar-refractivity contribution < 1.29 is 66.5 Å². The number of ether oxygens (including phenoxy) is 11. The molecule has 0 N–H and O–H groups in total. The van der Waals surface area contributed by atoms with E-state index in [4.69, 9.17) is 52.1 Å². The Bertz CT molecular complexity index is 2950. The van der Waals surface area contributed by atoms with E-state index in [1.165, 1.54) is 11.8 Å². The zero-order chi connectivity index (χ0) is 54.0. The first kappa shape index (κ1) is 55.3. The topological polar surface area (TPSA) is 153 Å². The van der Waals surface area contributed by atoms with Gasteiger partial charge in [0.2, 0.25) is 0 Å². The number of esters is 3. The molecule has 0 spiro atoms. The van der Waals surface area contributed by atoms with Crippen LogP contribution < -0.4 is 0 Å². The summed E-state index contributed by atoms with van der Waals surface area (Å²) >= 11 is 1.48. The van der Waals surface area contributed by atoms with E-state index >= 15 is 0 Å². The van der Waals surface area contributed by atoms with Gasteiger partial charge < -0.3 is 52.1 Å². The average Bonchev–Trinajstić information content (AvgIpc) is 3.58. The lowest BCUT2D eigenvalue weighted by atomic mass is 9.97. The lowest BCUT2D eigenvalue weighted by Gasteiger charge is -2.48. The highest BCUT2D eigenvalue weighted by Gasteiger charge is 2.55. The molecule has 0 aromatic heterocycles. The second-order valence-corrected chi connectivity index (χ2v) is 20.3. The molecule has 0 bridgehead atoms. The van der Waals surface area contributed by atoms with Crippen LogP contribution in [0, 0.1) is 0 Å². The molecule has 10 rings (SSSR count). The second-order valence-electron chi connectivity index (χ2n) is 19.1. The third-order valence-corrected chi connectivity index (χ3v) is 14.7. The first-order chi connectivity index (χ1) is 38.9. The summed E-state index contributed by atoms with van der Waals surface area (Å²) in [5, 5.41) is 0. The molecule has 14 nitrogen and oxygen atoms in total. The predicted octanol–water partition coefficient (Wildman–Crippen LogP) is 10.8. The molecular weight excluding hydrogens is 1020 g/mol. The third kappa shape index (κ3) is 15.4. The molecule has 0 unspecified atom stereocenters. The van der Waals surface area contributed by atoms with Gasteiger partial charge in [-0.2, -0.15) is 0 Å². The van der Waals surface area contributed by atoms with Gasteiger partial charge >= 0.3 is 17.9 Å². The maximum absolute atomic E-state index is 14.2. The van der Waals surface area contributed by atoms with Crippen molar-refractivity contribution >= 4 is 29.7 Å². The molecule has 79 heavy (non-hydrogen) atoms. The van der Waals surface area contributed by atoms with Crippen LogP contribution in [0.3, 0.4) is 0 Å². The smallest absolute Gasteiger partial charge is 0.338 e. The molecule has 0 saturated carbocycles. The fourth-order valence-corrected chi connectivity index (χ4v) is 10.7. The minimum absolute atomic E-state index is 0.0389. The lowest BCUT2D eigenvalue weighted by molar-refractivity contribution is -0.362. The highest BCUT2D eigenvalue weighted by atomic mass is 32.2. The van der Waals surface area contributed by atoms with E-state index in [-0.39, 0.29) is 51.6 Å². The van der Waals surface area contributed by atoms with Crippen LogP contribution in [-0.2, 0) is 88.1 Å². The quantitative estimate of drug-likeness (QED) is 0.0441. The number of hydrogen-bond donors (Lipinski definition) is 0. The molecular formula is C64H62O14S. The SMILES string of the molecule is O=C(CCC(=O)O[C@H]1[C@H](OC(=O)c2ccccc2)[C@H](OCc2ccccc2)O[C@H]2CO[C@H](c3ccccc3)O[C@H]12)OC[C@H]1O[C@H](Sc2ccccc2)[C@@H](OCc2ccccc2)[C@@H](OCc2ccccc2)[C@@H]1OCc1ccccc1. The molecule has 7 aromatic rings. The van der Waals surface area contributed by atoms with Crippen molar-refractivity contribution in [2.45, 2.75) is 111 Å². The summed E-state index contributed by atoms with van der Waals surface area (Å²) in [5.41, 5.74) is 4.01. The number of thioether (sulfide) groups is 1. The summed E-state index contributed by atoms with van der Waals surface area (Å²) < 4.78 is 71.5. The molecule has 3 saturated heterocycles. The van der Waals surface area contributed by atoms with Gasteiger partial charge in [-0.15, -0.1) is 0 Å². The van der Waals surface area contributed by atoms with Gasteiger partial charge in [0.05, 0.1) is 51.4 Å². The maximum Gasteiger partial charge on any atom is 0.338 e. The minimum atomic E-state index is -1.32. The summed E-state index contributed by atoms with van der Waals surface area (Å²) in [6.07, 6.45) is -10.3. The van der Waals surface area contributed by atoms with Crippen molar-refractivity contribution in [3.8, 4) is 0 Å². The van der Waals surface area contributed by atoms with Crippen LogP contribution in [0.2, 0.25) is 0 Å². The second kappa shape index (κ2) is 28.2. The number of carbonyl (C=O) groups excluding carboxylic acids is 3. The minimum Gasteiger partial charge on any atom is -0.463 e. The standard InChI is InChI=1S/C64H62O14S/c65-53(36-37-54(66)76-58-56-52(43-73-62(78-56)49-32-18-6-19-33-49)74-63(72-41-47-28-14-4-15-29-47)59(58)77-61(67)48-30-16-5-17-31-48)68-42-51-55(69-38-44-22-8-1-9-23-44)57(70-39-45-24-10-2-11-25-45)60(71-40-46-26-12-3-13-27-46)64(75-51)79-50-34-20-7-21-35-50/h1-35,51-52,55-60,62-64H,36-43H2/t51-,52+,55-,56+,57+,58-,59+,60+,62+,63-,64-/m1/s1. The zero-order valence-electron chi connectivity index (χ0n) is 43.3. The van der Waals surface area contributed by atoms with Gasteiger partial charge in [0, 0.05) is 10.5 Å². The molecule has 11 atom stereocenters. The Morgan fingerprint density at radius 1 is 0.456 bits per heavy atom. The van der Waals surface area contributed by atoms with Crippen molar-refractivity contribution in [1.29, 1.82) is 0 Å². The van der Waals surface area contributed by atoms with Crippen LogP contribution in [0.25, 0.3) is 0 Å². The summed E-state index contributed by atoms with van der Waals surface area (Å²) in [7, 11) is 0. The Balaban J connectivity index is 0.881. The van der Waals surface area contributed by atoms with Crippen molar-refractivity contribution in [2.75, 3.05) is 13.2 Å². The van der Waals surface area contributed by atoms with Gasteiger partial charge in [0.15, 0.2) is 24.8 Å². The zero-order valence-corrected chi connectivity index (χ0v) is 44.2. The fourth-order valence-electron chi connectivity index (χ4n) is 9.51. The van der Waals surface area contributed by atoms with Gasteiger partial charge in [-0.05, 0) is 46.5 Å². The number of hydrogen-bond acceptors (Lipinski definition) is 15. The van der Waals surface area contributed by atoms with E-state index in [1.807, 2.05) is 182 Å². The van der Waals surface area contributed by atoms with Crippen LogP contribution in [0.1, 0.15) is 57.3 Å². The maximum atomic E-state index is 14.2. The Kier molecular flexibility index (Phi) is 19.8. The molecule has 7 aromatic carbocycles.